The number of allylic oxidation sites excluding steroid dienone is 8. The molecular weight excluding hydrogens is 721 g/mol. The predicted octanol–water partition coefficient (Wildman–Crippen LogP) is 10.6. The Morgan fingerprint density at radius 3 is 1.58 bits per heavy atom. The molecule has 0 saturated carbocycles. The molecule has 0 heterocycles. The number of carbonyl (C=O) groups excluding carboxylic acids is 2. The number of amides is 1. The van der Waals surface area contributed by atoms with Crippen LogP contribution in [0.25, 0.3) is 0 Å². The number of carboxylic acids is 1. The van der Waals surface area contributed by atoms with E-state index in [0.717, 1.165) is 89.9 Å². The topological polar surface area (TPSA) is 169 Å². The second-order valence-corrected chi connectivity index (χ2v) is 15.6. The number of hydrogen-bond donors (Lipinski definition) is 4. The molecule has 11 nitrogen and oxygen atoms in total. The second kappa shape index (κ2) is 38.3. The van der Waals surface area contributed by atoms with Crippen LogP contribution in [0.1, 0.15) is 174 Å². The van der Waals surface area contributed by atoms with E-state index in [1.807, 2.05) is 0 Å². The molecule has 0 radical (unpaired) electrons. The van der Waals surface area contributed by atoms with Crippen molar-refractivity contribution in [1.29, 1.82) is 0 Å². The third kappa shape index (κ3) is 38.1. The Morgan fingerprint density at radius 2 is 1.04 bits per heavy atom. The number of carboxylic acid groups (broad SMARTS) is 1. The summed E-state index contributed by atoms with van der Waals surface area (Å²) in [6.07, 6.45) is 41.4. The van der Waals surface area contributed by atoms with Crippen LogP contribution in [-0.4, -0.2) is 64.9 Å². The molecule has 0 saturated heterocycles. The van der Waals surface area contributed by atoms with Crippen molar-refractivity contribution in [3.8, 4) is 0 Å². The zero-order chi connectivity index (χ0) is 40.7. The molecule has 55 heavy (non-hydrogen) atoms. The molecule has 0 aromatic heterocycles. The normalized spacial score (nSPS) is 14.3. The summed E-state index contributed by atoms with van der Waals surface area (Å²) in [6, 6.07) is -1.55. The summed E-state index contributed by atoms with van der Waals surface area (Å²) >= 11 is 0. The molecular formula is C43H76NO10P. The van der Waals surface area contributed by atoms with E-state index in [-0.39, 0.29) is 12.8 Å². The Kier molecular flexibility index (Phi) is 36.5. The van der Waals surface area contributed by atoms with Crippen LogP contribution in [-0.2, 0) is 32.7 Å². The van der Waals surface area contributed by atoms with Crippen molar-refractivity contribution in [3.63, 3.8) is 0 Å². The van der Waals surface area contributed by atoms with Crippen LogP contribution in [0.4, 0.5) is 0 Å². The van der Waals surface area contributed by atoms with Crippen LogP contribution in [0.3, 0.4) is 0 Å². The van der Waals surface area contributed by atoms with Gasteiger partial charge in [0, 0.05) is 12.8 Å². The van der Waals surface area contributed by atoms with Gasteiger partial charge in [-0.15, -0.1) is 0 Å². The largest absolute Gasteiger partial charge is 0.480 e. The van der Waals surface area contributed by atoms with E-state index in [0.29, 0.717) is 12.8 Å². The van der Waals surface area contributed by atoms with E-state index in [1.54, 1.807) is 0 Å². The zero-order valence-electron chi connectivity index (χ0n) is 34.2. The Labute approximate surface area is 333 Å². The first-order valence-electron chi connectivity index (χ1n) is 21.2. The fourth-order valence-electron chi connectivity index (χ4n) is 5.50. The van der Waals surface area contributed by atoms with Gasteiger partial charge in [-0.2, -0.15) is 0 Å². The highest BCUT2D eigenvalue weighted by molar-refractivity contribution is 7.47. The number of ether oxygens (including phenoxy) is 1. The van der Waals surface area contributed by atoms with Gasteiger partial charge in [-0.3, -0.25) is 18.6 Å². The van der Waals surface area contributed by atoms with Gasteiger partial charge in [-0.1, -0.05) is 140 Å². The number of phosphoric ester groups is 1. The summed E-state index contributed by atoms with van der Waals surface area (Å²) in [4.78, 5) is 45.8. The fraction of sp³-hybridized carbons (Fsp3) is 0.744. The Balaban J connectivity index is 3.93. The van der Waals surface area contributed by atoms with Gasteiger partial charge in [-0.05, 0) is 70.6 Å². The number of aliphatic carboxylic acids is 1. The first-order chi connectivity index (χ1) is 26.6. The minimum atomic E-state index is -4.76. The molecule has 0 aromatic rings. The summed E-state index contributed by atoms with van der Waals surface area (Å²) in [5, 5.41) is 21.8. The number of carbonyl (C=O) groups is 3. The Hall–Kier alpha value is -2.56. The van der Waals surface area contributed by atoms with Crippen LogP contribution in [0, 0.1) is 0 Å². The lowest BCUT2D eigenvalue weighted by Crippen LogP contribution is -2.43. The molecule has 1 amide bonds. The van der Waals surface area contributed by atoms with Gasteiger partial charge in [0.25, 0.3) is 0 Å². The van der Waals surface area contributed by atoms with Crippen molar-refractivity contribution in [3.05, 3.63) is 48.6 Å². The van der Waals surface area contributed by atoms with Gasteiger partial charge in [-0.25, -0.2) is 9.36 Å². The predicted molar refractivity (Wildman–Crippen MR) is 222 cm³/mol. The van der Waals surface area contributed by atoms with Crippen LogP contribution in [0.2, 0.25) is 0 Å². The summed E-state index contributed by atoms with van der Waals surface area (Å²) in [5.74, 6) is -2.40. The smallest absolute Gasteiger partial charge is 0.472 e. The molecule has 3 atom stereocenters. The van der Waals surface area contributed by atoms with E-state index >= 15 is 0 Å². The standard InChI is InChI=1S/C43H76NO10P/c1-3-5-7-9-11-13-15-16-17-18-19-20-21-22-23-24-25-26-28-30-32-34-41(46)44-40(43(48)49)38-54-55(50,51)53-37-39(45)36-52-42(47)35-33-31-29-27-14-12-10-8-6-4-2/h8,10-11,13,16-17,19-20,39-40,45H,3-7,9,12,14-15,18,21-38H2,1-2H3,(H,44,46)(H,48,49)(H,50,51)/b10-8-,13-11-,17-16-,20-19-. The van der Waals surface area contributed by atoms with E-state index in [2.05, 4.69) is 67.8 Å². The third-order valence-electron chi connectivity index (χ3n) is 8.82. The molecule has 12 heteroatoms. The Morgan fingerprint density at radius 1 is 0.582 bits per heavy atom. The summed E-state index contributed by atoms with van der Waals surface area (Å²) in [5.41, 5.74) is 0. The van der Waals surface area contributed by atoms with Crippen molar-refractivity contribution in [1.82, 2.24) is 5.32 Å². The lowest BCUT2D eigenvalue weighted by molar-refractivity contribution is -0.147. The molecule has 0 aromatic carbocycles. The lowest BCUT2D eigenvalue weighted by Gasteiger charge is -2.18. The first kappa shape index (κ1) is 52.4. The minimum Gasteiger partial charge on any atom is -0.480 e. The van der Waals surface area contributed by atoms with Gasteiger partial charge in [0.2, 0.25) is 5.91 Å². The molecule has 0 aliphatic carbocycles. The highest BCUT2D eigenvalue weighted by Gasteiger charge is 2.28. The number of rotatable bonds is 39. The van der Waals surface area contributed by atoms with Crippen molar-refractivity contribution in [2.45, 2.75) is 187 Å². The summed E-state index contributed by atoms with van der Waals surface area (Å²) in [6.45, 7) is 2.47. The van der Waals surface area contributed by atoms with Gasteiger partial charge in [0.15, 0.2) is 6.04 Å². The highest BCUT2D eigenvalue weighted by Crippen LogP contribution is 2.43. The molecule has 0 aliphatic heterocycles. The van der Waals surface area contributed by atoms with Crippen molar-refractivity contribution >= 4 is 25.7 Å². The second-order valence-electron chi connectivity index (χ2n) is 14.2. The zero-order valence-corrected chi connectivity index (χ0v) is 35.1. The van der Waals surface area contributed by atoms with Crippen LogP contribution >= 0.6 is 7.82 Å². The summed E-state index contributed by atoms with van der Waals surface area (Å²) < 4.78 is 26.7. The third-order valence-corrected chi connectivity index (χ3v) is 9.77. The maximum atomic E-state index is 12.3. The molecule has 0 fully saturated rings. The van der Waals surface area contributed by atoms with E-state index < -0.39 is 57.6 Å². The maximum Gasteiger partial charge on any atom is 0.472 e. The number of nitrogens with one attached hydrogen (secondary N) is 1. The first-order valence-corrected chi connectivity index (χ1v) is 22.7. The maximum absolute atomic E-state index is 12.3. The highest BCUT2D eigenvalue weighted by atomic mass is 31.2. The average Bonchev–Trinajstić information content (AvgIpc) is 3.16. The molecule has 0 spiro atoms. The number of aliphatic hydroxyl groups is 1. The van der Waals surface area contributed by atoms with Crippen molar-refractivity contribution in [2.75, 3.05) is 19.8 Å². The van der Waals surface area contributed by atoms with Crippen LogP contribution < -0.4 is 5.32 Å². The fourth-order valence-corrected chi connectivity index (χ4v) is 6.27. The summed E-state index contributed by atoms with van der Waals surface area (Å²) in [7, 11) is -4.76. The van der Waals surface area contributed by atoms with Crippen LogP contribution in [0.15, 0.2) is 48.6 Å². The van der Waals surface area contributed by atoms with Gasteiger partial charge >= 0.3 is 19.8 Å². The van der Waals surface area contributed by atoms with Crippen molar-refractivity contribution in [2.24, 2.45) is 0 Å². The number of esters is 1. The average molecular weight is 798 g/mol. The van der Waals surface area contributed by atoms with Gasteiger partial charge < -0.3 is 25.2 Å². The van der Waals surface area contributed by atoms with E-state index in [9.17, 15) is 34.1 Å². The van der Waals surface area contributed by atoms with Gasteiger partial charge in [0.05, 0.1) is 13.2 Å². The molecule has 4 N–H and O–H groups in total. The molecule has 0 aliphatic rings. The number of phosphoric acid groups is 1. The number of hydrogen-bond acceptors (Lipinski definition) is 8. The van der Waals surface area contributed by atoms with Crippen LogP contribution in [0.5, 0.6) is 0 Å². The number of aliphatic hydroxyl groups excluding tert-OH is 1. The SMILES string of the molecule is CCC/C=C\CCCCCCCC(=O)OCC(O)COP(=O)(O)OCC(NC(=O)CCCCCCCCCC/C=C\C/C=C\C/C=C\CCCCC)C(=O)O. The van der Waals surface area contributed by atoms with Gasteiger partial charge in [0.1, 0.15) is 12.7 Å². The quantitative estimate of drug-likeness (QED) is 0.0203. The van der Waals surface area contributed by atoms with E-state index in [1.165, 1.54) is 44.9 Å². The monoisotopic (exact) mass is 798 g/mol. The van der Waals surface area contributed by atoms with E-state index in [4.69, 9.17) is 13.8 Å². The number of unbranched alkanes of at least 4 members (excludes halogenated alkanes) is 17. The molecule has 0 rings (SSSR count). The molecule has 0 bridgehead atoms. The Bertz CT molecular complexity index is 1120. The van der Waals surface area contributed by atoms with Crippen molar-refractivity contribution < 1.29 is 47.8 Å². The molecule has 3 unspecified atom stereocenters. The molecule has 318 valence electrons. The lowest BCUT2D eigenvalue weighted by atomic mass is 10.1. The minimum absolute atomic E-state index is 0.135.